The Morgan fingerprint density at radius 3 is 1.23 bits per heavy atom. The van der Waals surface area contributed by atoms with Crippen LogP contribution >= 0.6 is 0 Å². The fourth-order valence-electron chi connectivity index (χ4n) is 3.02. The highest BCUT2D eigenvalue weighted by molar-refractivity contribution is 8.00. The van der Waals surface area contributed by atoms with Crippen molar-refractivity contribution in [2.45, 2.75) is 35.5 Å². The highest BCUT2D eigenvalue weighted by Gasteiger charge is 2.17. The van der Waals surface area contributed by atoms with Crippen molar-refractivity contribution >= 4 is 55.5 Å². The minimum Gasteiger partial charge on any atom is -0.326 e. The Labute approximate surface area is 206 Å². The van der Waals surface area contributed by atoms with Gasteiger partial charge in [-0.05, 0) is 83.5 Å². The van der Waals surface area contributed by atoms with Gasteiger partial charge in [-0.3, -0.25) is 14.4 Å². The van der Waals surface area contributed by atoms with Gasteiger partial charge in [0.15, 0.2) is 0 Å². The van der Waals surface area contributed by atoms with E-state index in [2.05, 4.69) is 19.7 Å². The average Bonchev–Trinajstić information content (AvgIpc) is 2.78. The second-order valence-electron chi connectivity index (χ2n) is 7.45. The summed E-state index contributed by atoms with van der Waals surface area (Å²) in [5, 5.41) is 7.94. The van der Waals surface area contributed by atoms with Crippen LogP contribution in [0.1, 0.15) is 20.8 Å². The van der Waals surface area contributed by atoms with Gasteiger partial charge in [0.1, 0.15) is 0 Å². The summed E-state index contributed by atoms with van der Waals surface area (Å²) in [5.74, 6) is -0.710. The number of amides is 3. The molecule has 0 unspecified atom stereocenters. The number of sulfonamides is 1. The molecule has 0 aliphatic rings. The lowest BCUT2D eigenvalue weighted by Crippen LogP contribution is -2.07. The molecule has 0 saturated heterocycles. The molecule has 0 aliphatic carbocycles. The summed E-state index contributed by atoms with van der Waals surface area (Å²) in [5.41, 5.74) is 1.61. The fourth-order valence-corrected chi connectivity index (χ4v) is 6.38. The molecule has 3 N–H and O–H groups in total. The smallest absolute Gasteiger partial charge is 0.288 e. The summed E-state index contributed by atoms with van der Waals surface area (Å²) in [6.07, 6.45) is 0. The van der Waals surface area contributed by atoms with Gasteiger partial charge in [-0.25, -0.2) is 0 Å². The molecule has 3 amide bonds. The third kappa shape index (κ3) is 7.33. The van der Waals surface area contributed by atoms with Crippen molar-refractivity contribution in [3.63, 3.8) is 0 Å². The lowest BCUT2D eigenvalue weighted by Gasteiger charge is -2.12. The lowest BCUT2D eigenvalue weighted by atomic mass is 10.3. The molecule has 0 spiro atoms. The van der Waals surface area contributed by atoms with Crippen LogP contribution < -0.4 is 16.0 Å². The number of hydrogen-bond acceptors (Lipinski definition) is 5. The number of carbonyl (C=O) groups excluding carboxylic acids is 3. The van der Waals surface area contributed by atoms with Gasteiger partial charge < -0.3 is 16.0 Å². The molecule has 182 valence electrons. The van der Waals surface area contributed by atoms with Crippen LogP contribution in [0, 0.1) is 0 Å². The molecule has 0 aromatic heterocycles. The van der Waals surface area contributed by atoms with E-state index in [9.17, 15) is 22.8 Å². The molecule has 0 fully saturated rings. The molecule has 11 heteroatoms. The van der Waals surface area contributed by atoms with Crippen molar-refractivity contribution in [2.24, 2.45) is 3.77 Å². The Bertz CT molecular complexity index is 1320. The van der Waals surface area contributed by atoms with E-state index in [4.69, 9.17) is 0 Å². The maximum atomic E-state index is 13.2. The number of nitrogens with one attached hydrogen (secondary N) is 3. The number of rotatable bonds is 7. The fraction of sp³-hybridized carbons (Fsp3) is 0.125. The first-order valence-corrected chi connectivity index (χ1v) is 13.0. The van der Waals surface area contributed by atoms with E-state index in [1.165, 1.54) is 45.0 Å². The number of nitrogens with zero attached hydrogens (tertiary/aromatic N) is 1. The van der Waals surface area contributed by atoms with E-state index in [1.807, 2.05) is 0 Å². The lowest BCUT2D eigenvalue weighted by molar-refractivity contribution is -0.115. The van der Waals surface area contributed by atoms with Crippen LogP contribution in [-0.4, -0.2) is 26.1 Å². The molecule has 0 atom stereocenters. The standard InChI is InChI=1S/C24H24N4O5S2/c1-16(29)25-19-4-10-22(11-5-19)34(23-12-6-20(7-13-23)26-17(2)30)28-35(32,33)24-14-8-21(9-15-24)27-18(3)31/h4-15H,1-3H3,(H,25,29)(H,26,30)(H,27,31). The molecule has 0 radical (unpaired) electrons. The first kappa shape index (κ1) is 25.8. The number of carbonyl (C=O) groups is 3. The third-order valence-electron chi connectivity index (χ3n) is 4.44. The number of hydrogen-bond donors (Lipinski definition) is 3. The Hall–Kier alpha value is -3.83. The van der Waals surface area contributed by atoms with Crippen LogP contribution in [0.3, 0.4) is 0 Å². The topological polar surface area (TPSA) is 134 Å². The van der Waals surface area contributed by atoms with Crippen molar-refractivity contribution in [1.82, 2.24) is 0 Å². The van der Waals surface area contributed by atoms with Crippen molar-refractivity contribution in [1.29, 1.82) is 0 Å². The highest BCUT2D eigenvalue weighted by Crippen LogP contribution is 2.26. The first-order valence-electron chi connectivity index (χ1n) is 10.4. The summed E-state index contributed by atoms with van der Waals surface area (Å²) in [6.45, 7) is 4.16. The van der Waals surface area contributed by atoms with Crippen LogP contribution in [0.15, 0.2) is 91.3 Å². The van der Waals surface area contributed by atoms with Gasteiger partial charge in [0.05, 0.1) is 4.90 Å². The third-order valence-corrected chi connectivity index (χ3v) is 8.13. The minimum atomic E-state index is -4.07. The molecule has 3 aromatic carbocycles. The maximum Gasteiger partial charge on any atom is 0.288 e. The van der Waals surface area contributed by atoms with Crippen LogP contribution in [0.25, 0.3) is 0 Å². The van der Waals surface area contributed by atoms with Gasteiger partial charge in [-0.2, -0.15) is 8.42 Å². The predicted molar refractivity (Wildman–Crippen MR) is 136 cm³/mol. The van der Waals surface area contributed by atoms with Crippen LogP contribution in [0.2, 0.25) is 0 Å². The number of anilines is 3. The summed E-state index contributed by atoms with van der Waals surface area (Å²) < 4.78 is 30.6. The molecule has 3 rings (SSSR count). The molecule has 3 aromatic rings. The largest absolute Gasteiger partial charge is 0.326 e. The van der Waals surface area contributed by atoms with Gasteiger partial charge in [-0.15, -0.1) is 3.77 Å². The van der Waals surface area contributed by atoms with E-state index >= 15 is 0 Å². The molecule has 0 heterocycles. The summed E-state index contributed by atoms with van der Waals surface area (Å²) in [7, 11) is -5.31. The zero-order chi connectivity index (χ0) is 25.6. The SMILES string of the molecule is CC(=O)Nc1ccc(S(=NS(=O)(=O)c2ccc(NC(C)=O)cc2)c2ccc(NC(C)=O)cc2)cc1. The highest BCUT2D eigenvalue weighted by atomic mass is 32.3. The van der Waals surface area contributed by atoms with Gasteiger partial charge in [0.25, 0.3) is 10.0 Å². The predicted octanol–water partition coefficient (Wildman–Crippen LogP) is 4.17. The Balaban J connectivity index is 2.05. The molecule has 35 heavy (non-hydrogen) atoms. The maximum absolute atomic E-state index is 13.2. The van der Waals surface area contributed by atoms with Crippen molar-refractivity contribution in [3.8, 4) is 0 Å². The minimum absolute atomic E-state index is 0.0196. The van der Waals surface area contributed by atoms with E-state index in [1.54, 1.807) is 48.5 Å². The van der Waals surface area contributed by atoms with Crippen molar-refractivity contribution in [2.75, 3.05) is 16.0 Å². The monoisotopic (exact) mass is 512 g/mol. The molecular weight excluding hydrogens is 488 g/mol. The van der Waals surface area contributed by atoms with Gasteiger partial charge in [0.2, 0.25) is 17.7 Å². The Morgan fingerprint density at radius 1 is 0.600 bits per heavy atom. The average molecular weight is 513 g/mol. The molecule has 0 bridgehead atoms. The van der Waals surface area contributed by atoms with Crippen LogP contribution in [0.4, 0.5) is 17.1 Å². The zero-order valence-electron chi connectivity index (χ0n) is 19.2. The van der Waals surface area contributed by atoms with Gasteiger partial charge in [0, 0.05) is 47.6 Å². The summed E-state index contributed by atoms with van der Waals surface area (Å²) in [4.78, 5) is 35.1. The summed E-state index contributed by atoms with van der Waals surface area (Å²) in [6, 6.07) is 19.3. The van der Waals surface area contributed by atoms with E-state index < -0.39 is 20.7 Å². The summed E-state index contributed by atoms with van der Waals surface area (Å²) >= 11 is 0. The van der Waals surface area contributed by atoms with Crippen LogP contribution in [-0.2, 0) is 35.1 Å². The second kappa shape index (κ2) is 11.1. The van der Waals surface area contributed by atoms with Crippen molar-refractivity contribution < 1.29 is 22.8 Å². The quantitative estimate of drug-likeness (QED) is 0.437. The van der Waals surface area contributed by atoms with Gasteiger partial charge >= 0.3 is 0 Å². The molecular formula is C24H24N4O5S2. The molecule has 9 nitrogen and oxygen atoms in total. The Kier molecular flexibility index (Phi) is 8.15. The van der Waals surface area contributed by atoms with Crippen LogP contribution in [0.5, 0.6) is 0 Å². The van der Waals surface area contributed by atoms with E-state index in [0.717, 1.165) is 0 Å². The zero-order valence-corrected chi connectivity index (χ0v) is 20.9. The first-order chi connectivity index (χ1) is 16.5. The van der Waals surface area contributed by atoms with E-state index in [0.29, 0.717) is 26.9 Å². The normalized spacial score (nSPS) is 11.0. The van der Waals surface area contributed by atoms with Crippen molar-refractivity contribution in [3.05, 3.63) is 72.8 Å². The molecule has 0 saturated carbocycles. The van der Waals surface area contributed by atoms with Gasteiger partial charge in [-0.1, -0.05) is 0 Å². The van der Waals surface area contributed by atoms with E-state index in [-0.39, 0.29) is 22.6 Å². The Morgan fingerprint density at radius 2 is 0.914 bits per heavy atom. The number of benzene rings is 3. The second-order valence-corrected chi connectivity index (χ2v) is 11.0. The molecule has 0 aliphatic heterocycles.